The third-order valence-electron chi connectivity index (χ3n) is 7.50. The van der Waals surface area contributed by atoms with Crippen LogP contribution < -0.4 is 10.6 Å². The molecule has 38 heavy (non-hydrogen) atoms. The Kier molecular flexibility index (Phi) is 7.20. The average molecular weight is 538 g/mol. The lowest BCUT2D eigenvalue weighted by Gasteiger charge is -2.24. The third-order valence-corrected chi connectivity index (χ3v) is 7.50. The van der Waals surface area contributed by atoms with E-state index in [1.807, 2.05) is 0 Å². The van der Waals surface area contributed by atoms with Crippen LogP contribution >= 0.6 is 0 Å². The number of ether oxygens (including phenoxy) is 4. The SMILES string of the molecule is COC(=O)C1NC(C(=O)OC)C2C(=O)N(CCN3C(=O)C4C(C(=O)OC)NC(C(=O)OC)C4C3=O)C(=O)C12. The van der Waals surface area contributed by atoms with E-state index < -0.39 is 108 Å². The van der Waals surface area contributed by atoms with Gasteiger partial charge in [-0.1, -0.05) is 0 Å². The van der Waals surface area contributed by atoms with E-state index in [1.54, 1.807) is 0 Å². The molecule has 4 fully saturated rings. The number of carbonyl (C=O) groups excluding carboxylic acids is 8. The van der Waals surface area contributed by atoms with E-state index >= 15 is 0 Å². The Morgan fingerprint density at radius 2 is 0.737 bits per heavy atom. The van der Waals surface area contributed by atoms with Gasteiger partial charge >= 0.3 is 23.9 Å². The molecule has 0 aliphatic carbocycles. The fourth-order valence-corrected chi connectivity index (χ4v) is 5.76. The minimum Gasteiger partial charge on any atom is -0.468 e. The summed E-state index contributed by atoms with van der Waals surface area (Å²) < 4.78 is 18.8. The van der Waals surface area contributed by atoms with E-state index in [-0.39, 0.29) is 0 Å². The van der Waals surface area contributed by atoms with Crippen molar-refractivity contribution in [3.8, 4) is 0 Å². The molecule has 0 aromatic carbocycles. The first-order valence-corrected chi connectivity index (χ1v) is 11.6. The summed E-state index contributed by atoms with van der Waals surface area (Å²) >= 11 is 0. The average Bonchev–Trinajstić information content (AvgIpc) is 3.63. The highest BCUT2D eigenvalue weighted by atomic mass is 16.5. The van der Waals surface area contributed by atoms with Crippen molar-refractivity contribution in [2.45, 2.75) is 24.2 Å². The van der Waals surface area contributed by atoms with Crippen LogP contribution in [0.5, 0.6) is 0 Å². The van der Waals surface area contributed by atoms with Crippen molar-refractivity contribution in [1.29, 1.82) is 0 Å². The maximum atomic E-state index is 13.2. The number of hydrogen-bond acceptors (Lipinski definition) is 14. The summed E-state index contributed by atoms with van der Waals surface area (Å²) in [6, 6.07) is -5.18. The predicted octanol–water partition coefficient (Wildman–Crippen LogP) is -4.44. The topological polar surface area (TPSA) is 204 Å². The Morgan fingerprint density at radius 1 is 0.526 bits per heavy atom. The summed E-state index contributed by atoms with van der Waals surface area (Å²) in [4.78, 5) is 103. The Hall–Kier alpha value is -3.92. The first-order chi connectivity index (χ1) is 18.0. The summed E-state index contributed by atoms with van der Waals surface area (Å²) in [6.45, 7) is -0.884. The Bertz CT molecular complexity index is 958. The summed E-state index contributed by atoms with van der Waals surface area (Å²) in [6.07, 6.45) is 0. The molecule has 206 valence electrons. The zero-order valence-corrected chi connectivity index (χ0v) is 20.8. The van der Waals surface area contributed by atoms with Gasteiger partial charge in [-0.25, -0.2) is 0 Å². The molecule has 0 aromatic rings. The van der Waals surface area contributed by atoms with E-state index in [0.717, 1.165) is 38.2 Å². The summed E-state index contributed by atoms with van der Waals surface area (Å²) in [5, 5.41) is 5.25. The van der Waals surface area contributed by atoms with Crippen LogP contribution in [0, 0.1) is 23.7 Å². The predicted molar refractivity (Wildman–Crippen MR) is 117 cm³/mol. The van der Waals surface area contributed by atoms with Crippen LogP contribution in [0.2, 0.25) is 0 Å². The minimum absolute atomic E-state index is 0.442. The first kappa shape index (κ1) is 27.1. The molecule has 0 radical (unpaired) electrons. The number of amides is 4. The maximum Gasteiger partial charge on any atom is 0.323 e. The van der Waals surface area contributed by atoms with Gasteiger partial charge in [0.25, 0.3) is 0 Å². The van der Waals surface area contributed by atoms with Gasteiger partial charge in [-0.05, 0) is 0 Å². The smallest absolute Gasteiger partial charge is 0.323 e. The molecule has 4 aliphatic rings. The van der Waals surface area contributed by atoms with Crippen molar-refractivity contribution in [3.63, 3.8) is 0 Å². The normalized spacial score (nSPS) is 33.8. The maximum absolute atomic E-state index is 13.2. The number of imide groups is 2. The van der Waals surface area contributed by atoms with Crippen molar-refractivity contribution in [1.82, 2.24) is 20.4 Å². The van der Waals surface area contributed by atoms with Crippen molar-refractivity contribution < 1.29 is 57.3 Å². The van der Waals surface area contributed by atoms with E-state index in [4.69, 9.17) is 18.9 Å². The van der Waals surface area contributed by atoms with Crippen LogP contribution in [0.4, 0.5) is 0 Å². The van der Waals surface area contributed by atoms with Crippen LogP contribution in [0.15, 0.2) is 0 Å². The summed E-state index contributed by atoms with van der Waals surface area (Å²) in [5.74, 6) is -11.7. The van der Waals surface area contributed by atoms with Gasteiger partial charge in [0, 0.05) is 13.1 Å². The van der Waals surface area contributed by atoms with Gasteiger partial charge in [-0.15, -0.1) is 0 Å². The summed E-state index contributed by atoms with van der Waals surface area (Å²) in [5.41, 5.74) is 0. The monoisotopic (exact) mass is 538 g/mol. The van der Waals surface area contributed by atoms with Crippen molar-refractivity contribution in [3.05, 3.63) is 0 Å². The van der Waals surface area contributed by atoms with Crippen LogP contribution in [-0.4, -0.2) is 123 Å². The molecule has 8 unspecified atom stereocenters. The Labute approximate surface area is 215 Å². The number of likely N-dealkylation sites (tertiary alicyclic amines) is 2. The molecule has 4 amide bonds. The number of methoxy groups -OCH3 is 4. The number of fused-ring (bicyclic) bond motifs is 2. The Balaban J connectivity index is 1.55. The van der Waals surface area contributed by atoms with E-state index in [1.165, 1.54) is 0 Å². The van der Waals surface area contributed by atoms with Gasteiger partial charge in [-0.3, -0.25) is 58.8 Å². The molecule has 8 atom stereocenters. The van der Waals surface area contributed by atoms with Gasteiger partial charge in [0.05, 0.1) is 52.1 Å². The molecule has 4 aliphatic heterocycles. The fourth-order valence-electron chi connectivity index (χ4n) is 5.76. The zero-order chi connectivity index (χ0) is 28.0. The van der Waals surface area contributed by atoms with Crippen LogP contribution in [0.3, 0.4) is 0 Å². The lowest BCUT2D eigenvalue weighted by Crippen LogP contribution is -2.51. The Morgan fingerprint density at radius 3 is 0.921 bits per heavy atom. The largest absolute Gasteiger partial charge is 0.468 e. The van der Waals surface area contributed by atoms with Gasteiger partial charge in [0.15, 0.2) is 0 Å². The minimum atomic E-state index is -1.29. The second kappa shape index (κ2) is 10.1. The molecule has 16 heteroatoms. The second-order valence-corrected chi connectivity index (χ2v) is 9.10. The highest BCUT2D eigenvalue weighted by molar-refractivity contribution is 6.12. The number of esters is 4. The quantitative estimate of drug-likeness (QED) is 0.178. The second-order valence-electron chi connectivity index (χ2n) is 9.10. The zero-order valence-electron chi connectivity index (χ0n) is 20.8. The number of nitrogens with zero attached hydrogens (tertiary/aromatic N) is 2. The van der Waals surface area contributed by atoms with Gasteiger partial charge in [-0.2, -0.15) is 0 Å². The van der Waals surface area contributed by atoms with Gasteiger partial charge < -0.3 is 18.9 Å². The van der Waals surface area contributed by atoms with E-state index in [2.05, 4.69) is 10.6 Å². The molecule has 4 heterocycles. The molecule has 0 aromatic heterocycles. The molecule has 4 saturated heterocycles. The number of carbonyl (C=O) groups is 8. The highest BCUT2D eigenvalue weighted by Gasteiger charge is 2.65. The van der Waals surface area contributed by atoms with Crippen molar-refractivity contribution >= 4 is 47.5 Å². The molecule has 4 rings (SSSR count). The van der Waals surface area contributed by atoms with E-state index in [0.29, 0.717) is 0 Å². The van der Waals surface area contributed by atoms with Crippen LogP contribution in [-0.2, 0) is 57.3 Å². The van der Waals surface area contributed by atoms with Crippen molar-refractivity contribution in [2.75, 3.05) is 41.5 Å². The number of hydrogen-bond donors (Lipinski definition) is 2. The number of rotatable bonds is 7. The lowest BCUT2D eigenvalue weighted by atomic mass is 9.89. The van der Waals surface area contributed by atoms with Gasteiger partial charge in [0.2, 0.25) is 23.6 Å². The molecule has 0 bridgehead atoms. The molecular weight excluding hydrogens is 512 g/mol. The molecule has 0 spiro atoms. The summed E-state index contributed by atoms with van der Waals surface area (Å²) in [7, 11) is 4.35. The third kappa shape index (κ3) is 3.91. The molecule has 2 N–H and O–H groups in total. The lowest BCUT2D eigenvalue weighted by molar-refractivity contribution is -0.152. The molecule has 16 nitrogen and oxygen atoms in total. The number of nitrogens with one attached hydrogen (secondary N) is 2. The molecular formula is C22H26N4O12. The molecule has 0 saturated carbocycles. The van der Waals surface area contributed by atoms with Gasteiger partial charge in [0.1, 0.15) is 24.2 Å². The first-order valence-electron chi connectivity index (χ1n) is 11.6. The van der Waals surface area contributed by atoms with E-state index in [9.17, 15) is 38.4 Å². The van der Waals surface area contributed by atoms with Crippen LogP contribution in [0.1, 0.15) is 0 Å². The standard InChI is InChI=1S/C22H26N4O12/c1-35-19(31)11-7-8(12(23-11)20(32)36-2)16(28)25(15(7)27)5-6-26-17(29)9-10(18(26)30)14(22(34)38-4)24-13(9)21(33)37-3/h7-14,23-24H,5-6H2,1-4H3. The van der Waals surface area contributed by atoms with Crippen molar-refractivity contribution in [2.24, 2.45) is 23.7 Å². The fraction of sp³-hybridized carbons (Fsp3) is 0.636. The van der Waals surface area contributed by atoms with Crippen LogP contribution in [0.25, 0.3) is 0 Å². The highest BCUT2D eigenvalue weighted by Crippen LogP contribution is 2.40.